The van der Waals surface area contributed by atoms with Gasteiger partial charge in [0.25, 0.3) is 0 Å². The molecule has 0 bridgehead atoms. The summed E-state index contributed by atoms with van der Waals surface area (Å²) in [6.45, 7) is 7.26. The monoisotopic (exact) mass is 270 g/mol. The minimum atomic E-state index is -1.04. The highest BCUT2D eigenvalue weighted by Crippen LogP contribution is 2.07. The second-order valence-electron chi connectivity index (χ2n) is 4.97. The third-order valence-electron chi connectivity index (χ3n) is 2.13. The molecule has 0 unspecified atom stereocenters. The van der Waals surface area contributed by atoms with E-state index in [1.807, 2.05) is 27.7 Å². The molecule has 5 nitrogen and oxygen atoms in total. The van der Waals surface area contributed by atoms with Crippen molar-refractivity contribution in [3.05, 3.63) is 23.3 Å². The molecule has 0 rings (SSSR count). The van der Waals surface area contributed by atoms with Crippen LogP contribution in [-0.2, 0) is 14.3 Å². The van der Waals surface area contributed by atoms with Gasteiger partial charge in [0, 0.05) is 0 Å². The van der Waals surface area contributed by atoms with E-state index in [4.69, 9.17) is 14.9 Å². The number of ether oxygens (including phenoxy) is 1. The maximum atomic E-state index is 10.9. The van der Waals surface area contributed by atoms with Crippen LogP contribution in [0.2, 0.25) is 0 Å². The smallest absolute Gasteiger partial charge is 0.333 e. The van der Waals surface area contributed by atoms with Gasteiger partial charge in [-0.15, -0.1) is 0 Å². The lowest BCUT2D eigenvalue weighted by Crippen LogP contribution is -2.14. The van der Waals surface area contributed by atoms with E-state index < -0.39 is 11.9 Å². The van der Waals surface area contributed by atoms with Gasteiger partial charge >= 0.3 is 11.9 Å². The SMILES string of the molecule is CC(C)C=C(COCC(=CC(C)C)C(=O)O)C(=O)O. The van der Waals surface area contributed by atoms with Gasteiger partial charge in [-0.3, -0.25) is 0 Å². The average molecular weight is 270 g/mol. The van der Waals surface area contributed by atoms with Crippen LogP contribution in [0.15, 0.2) is 23.3 Å². The summed E-state index contributed by atoms with van der Waals surface area (Å²) in [5.74, 6) is -1.89. The van der Waals surface area contributed by atoms with Gasteiger partial charge in [0.05, 0.1) is 24.4 Å². The van der Waals surface area contributed by atoms with Crippen LogP contribution in [0, 0.1) is 11.8 Å². The number of rotatable bonds is 8. The van der Waals surface area contributed by atoms with Crippen molar-refractivity contribution in [3.8, 4) is 0 Å². The minimum Gasteiger partial charge on any atom is -0.478 e. The van der Waals surface area contributed by atoms with Crippen LogP contribution in [0.5, 0.6) is 0 Å². The molecule has 0 atom stereocenters. The Morgan fingerprint density at radius 1 is 0.895 bits per heavy atom. The number of carboxylic acids is 2. The van der Waals surface area contributed by atoms with Crippen LogP contribution in [-0.4, -0.2) is 35.4 Å². The number of hydrogen-bond donors (Lipinski definition) is 2. The summed E-state index contributed by atoms with van der Waals surface area (Å²) in [6.07, 6.45) is 3.18. The molecule has 2 N–H and O–H groups in total. The molecule has 5 heteroatoms. The number of carbonyl (C=O) groups is 2. The van der Waals surface area contributed by atoms with E-state index in [1.54, 1.807) is 12.2 Å². The Morgan fingerprint density at radius 3 is 1.42 bits per heavy atom. The lowest BCUT2D eigenvalue weighted by molar-refractivity contribution is -0.133. The average Bonchev–Trinajstić information content (AvgIpc) is 2.24. The van der Waals surface area contributed by atoms with Gasteiger partial charge in [-0.2, -0.15) is 0 Å². The lowest BCUT2D eigenvalue weighted by atomic mass is 10.1. The zero-order chi connectivity index (χ0) is 15.0. The van der Waals surface area contributed by atoms with Gasteiger partial charge in [-0.1, -0.05) is 39.8 Å². The summed E-state index contributed by atoms with van der Waals surface area (Å²) < 4.78 is 5.18. The second-order valence-corrected chi connectivity index (χ2v) is 4.97. The van der Waals surface area contributed by atoms with Crippen molar-refractivity contribution < 1.29 is 24.5 Å². The molecule has 0 spiro atoms. The molecule has 108 valence electrons. The van der Waals surface area contributed by atoms with Crippen LogP contribution < -0.4 is 0 Å². The number of carboxylic acid groups (broad SMARTS) is 2. The summed E-state index contributed by atoms with van der Waals surface area (Å²) in [4.78, 5) is 21.9. The van der Waals surface area contributed by atoms with E-state index in [9.17, 15) is 9.59 Å². The molecular weight excluding hydrogens is 248 g/mol. The zero-order valence-corrected chi connectivity index (χ0v) is 11.8. The summed E-state index contributed by atoms with van der Waals surface area (Å²) in [7, 11) is 0. The summed E-state index contributed by atoms with van der Waals surface area (Å²) in [6, 6.07) is 0. The van der Waals surface area contributed by atoms with Crippen LogP contribution >= 0.6 is 0 Å². The van der Waals surface area contributed by atoms with Crippen molar-refractivity contribution in [2.75, 3.05) is 13.2 Å². The first-order valence-corrected chi connectivity index (χ1v) is 6.19. The topological polar surface area (TPSA) is 83.8 Å². The fourth-order valence-electron chi connectivity index (χ4n) is 1.44. The normalized spacial score (nSPS) is 13.2. The summed E-state index contributed by atoms with van der Waals surface area (Å²) >= 11 is 0. The van der Waals surface area contributed by atoms with Crippen molar-refractivity contribution in [2.45, 2.75) is 27.7 Å². The fourth-order valence-corrected chi connectivity index (χ4v) is 1.44. The van der Waals surface area contributed by atoms with Gasteiger partial charge in [0.15, 0.2) is 0 Å². The van der Waals surface area contributed by atoms with Crippen LogP contribution in [0.1, 0.15) is 27.7 Å². The van der Waals surface area contributed by atoms with E-state index in [0.717, 1.165) is 0 Å². The molecular formula is C14H22O5. The molecule has 0 radical (unpaired) electrons. The number of allylic oxidation sites excluding steroid dienone is 2. The Kier molecular flexibility index (Phi) is 7.75. The molecule has 0 aliphatic rings. The van der Waals surface area contributed by atoms with Gasteiger partial charge in [0.2, 0.25) is 0 Å². The van der Waals surface area contributed by atoms with Crippen LogP contribution in [0.25, 0.3) is 0 Å². The number of aliphatic carboxylic acids is 2. The van der Waals surface area contributed by atoms with E-state index in [2.05, 4.69) is 0 Å². The van der Waals surface area contributed by atoms with E-state index in [0.29, 0.717) is 0 Å². The van der Waals surface area contributed by atoms with Crippen molar-refractivity contribution >= 4 is 11.9 Å². The molecule has 0 aromatic heterocycles. The van der Waals surface area contributed by atoms with Gasteiger partial charge in [0.1, 0.15) is 0 Å². The predicted molar refractivity (Wildman–Crippen MR) is 71.9 cm³/mol. The van der Waals surface area contributed by atoms with Crippen molar-refractivity contribution in [2.24, 2.45) is 11.8 Å². The number of hydrogen-bond acceptors (Lipinski definition) is 3. The van der Waals surface area contributed by atoms with E-state index >= 15 is 0 Å². The van der Waals surface area contributed by atoms with Crippen molar-refractivity contribution in [3.63, 3.8) is 0 Å². The highest BCUT2D eigenvalue weighted by Gasteiger charge is 2.12. The molecule has 0 aliphatic carbocycles. The molecule has 0 aromatic rings. The van der Waals surface area contributed by atoms with E-state index in [1.165, 1.54) is 0 Å². The van der Waals surface area contributed by atoms with Gasteiger partial charge < -0.3 is 14.9 Å². The first-order chi connectivity index (χ1) is 8.73. The van der Waals surface area contributed by atoms with E-state index in [-0.39, 0.29) is 36.2 Å². The third kappa shape index (κ3) is 8.15. The first-order valence-electron chi connectivity index (χ1n) is 6.19. The Labute approximate surface area is 113 Å². The Balaban J connectivity index is 4.55. The summed E-state index contributed by atoms with van der Waals surface area (Å²) in [5, 5.41) is 17.9. The molecule has 0 aliphatic heterocycles. The van der Waals surface area contributed by atoms with Gasteiger partial charge in [-0.25, -0.2) is 9.59 Å². The van der Waals surface area contributed by atoms with Crippen LogP contribution in [0.4, 0.5) is 0 Å². The quantitative estimate of drug-likeness (QED) is 0.661. The molecule has 0 fully saturated rings. The largest absolute Gasteiger partial charge is 0.478 e. The Hall–Kier alpha value is -1.62. The third-order valence-corrected chi connectivity index (χ3v) is 2.13. The molecule has 0 aromatic carbocycles. The minimum absolute atomic E-state index is 0.0971. The summed E-state index contributed by atoms with van der Waals surface area (Å²) in [5.41, 5.74) is 0.286. The highest BCUT2D eigenvalue weighted by molar-refractivity contribution is 5.87. The highest BCUT2D eigenvalue weighted by atomic mass is 16.5. The first kappa shape index (κ1) is 17.4. The van der Waals surface area contributed by atoms with Gasteiger partial charge in [-0.05, 0) is 11.8 Å². The Morgan fingerprint density at radius 2 is 1.21 bits per heavy atom. The maximum absolute atomic E-state index is 10.9. The second kappa shape index (κ2) is 8.48. The van der Waals surface area contributed by atoms with Crippen molar-refractivity contribution in [1.82, 2.24) is 0 Å². The molecule has 0 amide bonds. The zero-order valence-electron chi connectivity index (χ0n) is 11.8. The molecule has 0 saturated carbocycles. The molecule has 0 heterocycles. The predicted octanol–water partition coefficient (Wildman–Crippen LogP) is 2.34. The molecule has 19 heavy (non-hydrogen) atoms. The van der Waals surface area contributed by atoms with Crippen molar-refractivity contribution in [1.29, 1.82) is 0 Å². The molecule has 0 saturated heterocycles. The maximum Gasteiger partial charge on any atom is 0.333 e. The fraction of sp³-hybridized carbons (Fsp3) is 0.571. The lowest BCUT2D eigenvalue weighted by Gasteiger charge is -2.08. The van der Waals surface area contributed by atoms with Crippen LogP contribution in [0.3, 0.4) is 0 Å². The standard InChI is InChI=1S/C14H22O5/c1-9(2)5-11(13(15)16)7-19-8-12(14(17)18)6-10(3)4/h5-6,9-10H,7-8H2,1-4H3,(H,15,16)(H,17,18). The Bertz CT molecular complexity index is 341.